The standard InChI is InChI=1S/C13H17N.C5H9N/c1-9-12-7-3-5-10-4-2-6-11(8-14-9)13(10)12;1-3-6-4-2-5(1)6/h3,5,7,10-11,13-14H,1-2,4,6,8H2;5H,1-4H2. The minimum atomic E-state index is 0.780. The molecule has 0 amide bonds. The topological polar surface area (TPSA) is 15.3 Å². The van der Waals surface area contributed by atoms with Gasteiger partial charge in [0.15, 0.2) is 0 Å². The Kier molecular flexibility index (Phi) is 3.22. The molecule has 3 unspecified atom stereocenters. The van der Waals surface area contributed by atoms with Gasteiger partial charge >= 0.3 is 0 Å². The number of allylic oxidation sites excluding steroid dienone is 4. The van der Waals surface area contributed by atoms with E-state index in [1.54, 1.807) is 0 Å². The number of hydrogen-bond donors (Lipinski definition) is 1. The Labute approximate surface area is 122 Å². The maximum absolute atomic E-state index is 4.11. The van der Waals surface area contributed by atoms with Crippen molar-refractivity contribution in [2.24, 2.45) is 17.8 Å². The first kappa shape index (κ1) is 12.7. The van der Waals surface area contributed by atoms with Gasteiger partial charge in [-0.2, -0.15) is 0 Å². The minimum absolute atomic E-state index is 0.780. The van der Waals surface area contributed by atoms with Crippen molar-refractivity contribution in [1.29, 1.82) is 0 Å². The quantitative estimate of drug-likeness (QED) is 0.727. The van der Waals surface area contributed by atoms with Gasteiger partial charge in [0.05, 0.1) is 0 Å². The lowest BCUT2D eigenvalue weighted by atomic mass is 9.64. The van der Waals surface area contributed by atoms with E-state index in [4.69, 9.17) is 0 Å². The minimum Gasteiger partial charge on any atom is -0.385 e. The molecule has 1 saturated carbocycles. The third-order valence-electron chi connectivity index (χ3n) is 6.02. The molecule has 108 valence electrons. The van der Waals surface area contributed by atoms with Gasteiger partial charge in [-0.15, -0.1) is 0 Å². The summed E-state index contributed by atoms with van der Waals surface area (Å²) in [4.78, 5) is 2.53. The molecule has 4 fully saturated rings. The van der Waals surface area contributed by atoms with Gasteiger partial charge in [-0.25, -0.2) is 0 Å². The van der Waals surface area contributed by atoms with Crippen molar-refractivity contribution in [3.63, 3.8) is 0 Å². The summed E-state index contributed by atoms with van der Waals surface area (Å²) in [6, 6.07) is 1.05. The predicted molar refractivity (Wildman–Crippen MR) is 83.3 cm³/mol. The second kappa shape index (κ2) is 5.07. The highest BCUT2D eigenvalue weighted by atomic mass is 15.3. The molecule has 0 aromatic carbocycles. The molecular formula is C18H26N2. The zero-order valence-electron chi connectivity index (χ0n) is 12.4. The first-order valence-electron chi connectivity index (χ1n) is 8.38. The third kappa shape index (κ3) is 2.05. The normalized spacial score (nSPS) is 38.1. The van der Waals surface area contributed by atoms with Crippen molar-refractivity contribution >= 4 is 0 Å². The summed E-state index contributed by atoms with van der Waals surface area (Å²) in [6.45, 7) is 8.04. The number of fused-ring (bicyclic) bond motifs is 1. The Morgan fingerprint density at radius 1 is 1.15 bits per heavy atom. The zero-order valence-corrected chi connectivity index (χ0v) is 12.4. The van der Waals surface area contributed by atoms with Crippen LogP contribution >= 0.6 is 0 Å². The summed E-state index contributed by atoms with van der Waals surface area (Å²) < 4.78 is 0. The molecule has 5 aliphatic rings. The smallest absolute Gasteiger partial charge is 0.0302 e. The molecule has 20 heavy (non-hydrogen) atoms. The summed E-state index contributed by atoms with van der Waals surface area (Å²) >= 11 is 0. The number of piperidine rings is 2. The van der Waals surface area contributed by atoms with Gasteiger partial charge < -0.3 is 10.2 Å². The highest BCUT2D eigenvalue weighted by Gasteiger charge is 2.38. The largest absolute Gasteiger partial charge is 0.385 e. The fraction of sp³-hybridized carbons (Fsp3) is 0.667. The summed E-state index contributed by atoms with van der Waals surface area (Å²) in [5.41, 5.74) is 2.65. The monoisotopic (exact) mass is 270 g/mol. The number of hydrogen-bond acceptors (Lipinski definition) is 2. The van der Waals surface area contributed by atoms with Crippen LogP contribution in [0.1, 0.15) is 32.1 Å². The van der Waals surface area contributed by atoms with Crippen LogP contribution < -0.4 is 5.32 Å². The molecule has 2 nitrogen and oxygen atoms in total. The lowest BCUT2D eigenvalue weighted by Gasteiger charge is -2.50. The van der Waals surface area contributed by atoms with E-state index in [2.05, 4.69) is 35.0 Å². The van der Waals surface area contributed by atoms with Crippen LogP contribution in [0.25, 0.3) is 0 Å². The van der Waals surface area contributed by atoms with Gasteiger partial charge in [0.1, 0.15) is 0 Å². The highest BCUT2D eigenvalue weighted by Crippen LogP contribution is 2.45. The Morgan fingerprint density at radius 2 is 1.95 bits per heavy atom. The van der Waals surface area contributed by atoms with Crippen LogP contribution in [0.5, 0.6) is 0 Å². The molecule has 3 saturated heterocycles. The molecular weight excluding hydrogens is 244 g/mol. The SMILES string of the molecule is C1CN2CCC12.C=C1NCC2CCCC3C=CC=C1C32. The van der Waals surface area contributed by atoms with E-state index >= 15 is 0 Å². The summed E-state index contributed by atoms with van der Waals surface area (Å²) in [7, 11) is 0. The maximum Gasteiger partial charge on any atom is 0.0302 e. The number of rotatable bonds is 0. The molecule has 0 aromatic heterocycles. The summed E-state index contributed by atoms with van der Waals surface area (Å²) in [5, 5.41) is 3.44. The molecule has 2 heteroatoms. The van der Waals surface area contributed by atoms with Crippen molar-refractivity contribution in [2.75, 3.05) is 19.6 Å². The fourth-order valence-corrected chi connectivity index (χ4v) is 4.57. The van der Waals surface area contributed by atoms with Gasteiger partial charge in [-0.1, -0.05) is 31.2 Å². The summed E-state index contributed by atoms with van der Waals surface area (Å²) in [6.07, 6.45) is 14.0. The van der Waals surface area contributed by atoms with Gasteiger partial charge in [-0.05, 0) is 62.1 Å². The van der Waals surface area contributed by atoms with Crippen molar-refractivity contribution < 1.29 is 0 Å². The van der Waals surface area contributed by atoms with Gasteiger partial charge in [0.25, 0.3) is 0 Å². The molecule has 3 aliphatic heterocycles. The molecule has 3 atom stereocenters. The van der Waals surface area contributed by atoms with Crippen molar-refractivity contribution in [1.82, 2.24) is 10.2 Å². The van der Waals surface area contributed by atoms with E-state index in [9.17, 15) is 0 Å². The Hall–Kier alpha value is -1.02. The Morgan fingerprint density at radius 3 is 2.60 bits per heavy atom. The second-order valence-electron chi connectivity index (χ2n) is 7.01. The Bertz CT molecular complexity index is 444. The van der Waals surface area contributed by atoms with Crippen LogP contribution in [-0.2, 0) is 0 Å². The van der Waals surface area contributed by atoms with E-state index in [1.165, 1.54) is 56.5 Å². The van der Waals surface area contributed by atoms with Crippen LogP contribution in [0, 0.1) is 17.8 Å². The zero-order chi connectivity index (χ0) is 13.5. The molecule has 0 aromatic rings. The van der Waals surface area contributed by atoms with Crippen LogP contribution in [0.4, 0.5) is 0 Å². The molecule has 0 spiro atoms. The lowest BCUT2D eigenvalue weighted by molar-refractivity contribution is -0.00222. The summed E-state index contributed by atoms with van der Waals surface area (Å²) in [5.74, 6) is 2.44. The molecule has 5 rings (SSSR count). The van der Waals surface area contributed by atoms with E-state index in [0.717, 1.165) is 30.3 Å². The van der Waals surface area contributed by atoms with Crippen LogP contribution in [0.15, 0.2) is 36.1 Å². The van der Waals surface area contributed by atoms with Crippen LogP contribution in [-0.4, -0.2) is 30.6 Å². The van der Waals surface area contributed by atoms with Crippen molar-refractivity contribution in [3.8, 4) is 0 Å². The molecule has 0 radical (unpaired) electrons. The van der Waals surface area contributed by atoms with E-state index in [-0.39, 0.29) is 0 Å². The van der Waals surface area contributed by atoms with Crippen LogP contribution in [0.2, 0.25) is 0 Å². The highest BCUT2D eigenvalue weighted by molar-refractivity contribution is 5.39. The number of nitrogens with zero attached hydrogens (tertiary/aromatic N) is 1. The lowest BCUT2D eigenvalue weighted by Crippen LogP contribution is -2.57. The average molecular weight is 270 g/mol. The first-order valence-corrected chi connectivity index (χ1v) is 8.38. The Balaban J connectivity index is 0.000000146. The average Bonchev–Trinajstić information content (AvgIpc) is 2.47. The molecule has 3 heterocycles. The maximum atomic E-state index is 4.11. The van der Waals surface area contributed by atoms with E-state index in [1.807, 2.05) is 0 Å². The van der Waals surface area contributed by atoms with E-state index in [0.29, 0.717) is 0 Å². The van der Waals surface area contributed by atoms with E-state index < -0.39 is 0 Å². The number of nitrogens with one attached hydrogen (secondary N) is 1. The third-order valence-corrected chi connectivity index (χ3v) is 6.02. The molecule has 2 aliphatic carbocycles. The van der Waals surface area contributed by atoms with Crippen LogP contribution in [0.3, 0.4) is 0 Å². The fourth-order valence-electron chi connectivity index (χ4n) is 4.57. The second-order valence-corrected chi connectivity index (χ2v) is 7.01. The van der Waals surface area contributed by atoms with Crippen molar-refractivity contribution in [3.05, 3.63) is 36.1 Å². The first-order chi connectivity index (χ1) is 9.83. The van der Waals surface area contributed by atoms with Gasteiger partial charge in [0, 0.05) is 18.3 Å². The van der Waals surface area contributed by atoms with Crippen molar-refractivity contribution in [2.45, 2.75) is 38.1 Å². The molecule has 0 bridgehead atoms. The predicted octanol–water partition coefficient (Wildman–Crippen LogP) is 3.10. The van der Waals surface area contributed by atoms with Gasteiger partial charge in [-0.3, -0.25) is 0 Å². The molecule has 1 N–H and O–H groups in total. The van der Waals surface area contributed by atoms with Gasteiger partial charge in [0.2, 0.25) is 0 Å².